The Morgan fingerprint density at radius 1 is 1.41 bits per heavy atom. The van der Waals surface area contributed by atoms with Gasteiger partial charge in [0.15, 0.2) is 0 Å². The van der Waals surface area contributed by atoms with E-state index in [9.17, 15) is 4.79 Å². The van der Waals surface area contributed by atoms with E-state index in [1.165, 1.54) is 5.56 Å². The zero-order valence-electron chi connectivity index (χ0n) is 9.86. The van der Waals surface area contributed by atoms with Gasteiger partial charge < -0.3 is 4.90 Å². The van der Waals surface area contributed by atoms with Gasteiger partial charge in [-0.05, 0) is 36.1 Å². The number of thioether (sulfide) groups is 1. The van der Waals surface area contributed by atoms with E-state index < -0.39 is 0 Å². The van der Waals surface area contributed by atoms with Crippen molar-refractivity contribution in [2.24, 2.45) is 0 Å². The Bertz CT molecular complexity index is 393. The average molecular weight is 314 g/mol. The van der Waals surface area contributed by atoms with E-state index in [0.29, 0.717) is 11.2 Å². The summed E-state index contributed by atoms with van der Waals surface area (Å²) in [5.41, 5.74) is 2.36. The van der Waals surface area contributed by atoms with E-state index in [-0.39, 0.29) is 5.91 Å². The van der Waals surface area contributed by atoms with Crippen LogP contribution in [0.1, 0.15) is 12.0 Å². The van der Waals surface area contributed by atoms with Crippen LogP contribution in [0.2, 0.25) is 0 Å². The van der Waals surface area contributed by atoms with Gasteiger partial charge in [0.1, 0.15) is 0 Å². The molecule has 1 aliphatic rings. The molecule has 1 aromatic rings. The molecule has 0 spiro atoms. The molecular weight excluding hydrogens is 298 g/mol. The van der Waals surface area contributed by atoms with Gasteiger partial charge in [0.05, 0.1) is 0 Å². The Morgan fingerprint density at radius 3 is 2.65 bits per heavy atom. The van der Waals surface area contributed by atoms with E-state index in [2.05, 4.69) is 46.5 Å². The fourth-order valence-electron chi connectivity index (χ4n) is 1.98. The number of anilines is 1. The van der Waals surface area contributed by atoms with Crippen LogP contribution in [0.25, 0.3) is 0 Å². The van der Waals surface area contributed by atoms with Crippen molar-refractivity contribution in [1.29, 1.82) is 0 Å². The molecule has 1 aromatic carbocycles. The molecule has 1 aliphatic heterocycles. The number of halogens is 1. The molecule has 0 saturated carbocycles. The van der Waals surface area contributed by atoms with Crippen molar-refractivity contribution in [3.63, 3.8) is 0 Å². The lowest BCUT2D eigenvalue weighted by atomic mass is 10.1. The molecule has 4 heteroatoms. The van der Waals surface area contributed by atoms with E-state index in [1.54, 1.807) is 0 Å². The molecule has 0 aliphatic carbocycles. The Morgan fingerprint density at radius 2 is 2.12 bits per heavy atom. The third kappa shape index (κ3) is 3.26. The second-order valence-corrected chi connectivity index (χ2v) is 6.50. The summed E-state index contributed by atoms with van der Waals surface area (Å²) in [6.45, 7) is 0.781. The van der Waals surface area contributed by atoms with Gasteiger partial charge in [-0.25, -0.2) is 0 Å². The minimum absolute atomic E-state index is 0.212. The van der Waals surface area contributed by atoms with Crippen molar-refractivity contribution in [3.05, 3.63) is 29.8 Å². The van der Waals surface area contributed by atoms with Gasteiger partial charge in [0.2, 0.25) is 5.91 Å². The maximum absolute atomic E-state index is 11.7. The predicted octanol–water partition coefficient (Wildman–Crippen LogP) is 3.09. The number of aryl methyl sites for hydroxylation is 1. The van der Waals surface area contributed by atoms with Gasteiger partial charge in [-0.15, -0.1) is 0 Å². The van der Waals surface area contributed by atoms with E-state index in [4.69, 9.17) is 0 Å². The largest absolute Gasteiger partial charge is 0.311 e. The Balaban J connectivity index is 2.05. The van der Waals surface area contributed by atoms with Gasteiger partial charge in [0, 0.05) is 23.5 Å². The molecule has 1 unspecified atom stereocenters. The summed E-state index contributed by atoms with van der Waals surface area (Å²) in [5, 5.41) is 0. The third-order valence-corrected chi connectivity index (χ3v) is 4.15. The van der Waals surface area contributed by atoms with Crippen LogP contribution in [0.5, 0.6) is 0 Å². The lowest BCUT2D eigenvalue weighted by Crippen LogP contribution is -2.24. The average Bonchev–Trinajstić information content (AvgIpc) is 2.66. The number of benzene rings is 1. The van der Waals surface area contributed by atoms with Crippen LogP contribution >= 0.6 is 27.7 Å². The topological polar surface area (TPSA) is 20.3 Å². The van der Waals surface area contributed by atoms with Crippen molar-refractivity contribution >= 4 is 39.3 Å². The fourth-order valence-corrected chi connectivity index (χ4v) is 2.98. The van der Waals surface area contributed by atoms with Crippen LogP contribution in [0.3, 0.4) is 0 Å². The molecule has 1 fully saturated rings. The number of alkyl halides is 1. The number of hydrogen-bond donors (Lipinski definition) is 0. The highest BCUT2D eigenvalue weighted by Gasteiger charge is 2.28. The summed E-state index contributed by atoms with van der Waals surface area (Å²) in [6, 6.07) is 8.36. The first kappa shape index (κ1) is 13.0. The zero-order chi connectivity index (χ0) is 12.3. The zero-order valence-corrected chi connectivity index (χ0v) is 12.3. The predicted molar refractivity (Wildman–Crippen MR) is 78.2 cm³/mol. The van der Waals surface area contributed by atoms with Crippen LogP contribution < -0.4 is 4.90 Å². The third-order valence-electron chi connectivity index (χ3n) is 2.92. The maximum atomic E-state index is 11.7. The summed E-state index contributed by atoms with van der Waals surface area (Å²) < 4.78 is 0. The molecular formula is C13H16BrNOS. The first-order valence-electron chi connectivity index (χ1n) is 5.73. The highest BCUT2D eigenvalue weighted by atomic mass is 79.9. The lowest BCUT2D eigenvalue weighted by Gasteiger charge is -2.16. The summed E-state index contributed by atoms with van der Waals surface area (Å²) in [7, 11) is 0. The molecule has 92 valence electrons. The maximum Gasteiger partial charge on any atom is 0.228 e. The van der Waals surface area contributed by atoms with Gasteiger partial charge in [0.25, 0.3) is 0 Å². The minimum Gasteiger partial charge on any atom is -0.311 e. The summed E-state index contributed by atoms with van der Waals surface area (Å²) >= 11 is 5.36. The first-order chi connectivity index (χ1) is 8.20. The molecule has 0 aromatic heterocycles. The second-order valence-electron chi connectivity index (χ2n) is 4.21. The highest BCUT2D eigenvalue weighted by Crippen LogP contribution is 2.25. The van der Waals surface area contributed by atoms with Crippen molar-refractivity contribution in [2.75, 3.05) is 23.5 Å². The van der Waals surface area contributed by atoms with Crippen LogP contribution in [0, 0.1) is 0 Å². The molecule has 0 N–H and O–H groups in total. The van der Waals surface area contributed by atoms with Crippen LogP contribution in [-0.4, -0.2) is 29.3 Å². The molecule has 17 heavy (non-hydrogen) atoms. The SMILES string of the molecule is CSCCc1ccc(N2CC(Br)CC2=O)cc1. The number of carbonyl (C=O) groups is 1. The monoisotopic (exact) mass is 313 g/mol. The second kappa shape index (κ2) is 5.91. The van der Waals surface area contributed by atoms with E-state index in [0.717, 1.165) is 24.4 Å². The molecule has 2 rings (SSSR count). The number of rotatable bonds is 4. The van der Waals surface area contributed by atoms with Crippen LogP contribution in [0.4, 0.5) is 5.69 Å². The van der Waals surface area contributed by atoms with Crippen molar-refractivity contribution < 1.29 is 4.79 Å². The van der Waals surface area contributed by atoms with E-state index in [1.807, 2.05) is 16.7 Å². The Hall–Kier alpha value is -0.480. The number of nitrogens with zero attached hydrogens (tertiary/aromatic N) is 1. The summed E-state index contributed by atoms with van der Waals surface area (Å²) in [5.74, 6) is 1.36. The molecule has 2 nitrogen and oxygen atoms in total. The molecule has 1 saturated heterocycles. The van der Waals surface area contributed by atoms with Crippen molar-refractivity contribution in [2.45, 2.75) is 17.7 Å². The van der Waals surface area contributed by atoms with Crippen molar-refractivity contribution in [1.82, 2.24) is 0 Å². The van der Waals surface area contributed by atoms with Gasteiger partial charge in [-0.1, -0.05) is 28.1 Å². The number of carbonyl (C=O) groups excluding carboxylic acids is 1. The fraction of sp³-hybridized carbons (Fsp3) is 0.462. The Labute approximate surface area is 115 Å². The van der Waals surface area contributed by atoms with Crippen molar-refractivity contribution in [3.8, 4) is 0 Å². The normalized spacial score (nSPS) is 20.0. The summed E-state index contributed by atoms with van der Waals surface area (Å²) in [4.78, 5) is 13.9. The van der Waals surface area contributed by atoms with Crippen LogP contribution in [0.15, 0.2) is 24.3 Å². The lowest BCUT2D eigenvalue weighted by molar-refractivity contribution is -0.117. The number of hydrogen-bond acceptors (Lipinski definition) is 2. The molecule has 1 heterocycles. The van der Waals surface area contributed by atoms with Crippen LogP contribution in [-0.2, 0) is 11.2 Å². The Kier molecular flexibility index (Phi) is 4.51. The van der Waals surface area contributed by atoms with E-state index >= 15 is 0 Å². The highest BCUT2D eigenvalue weighted by molar-refractivity contribution is 9.09. The van der Waals surface area contributed by atoms with Gasteiger partial charge in [-0.3, -0.25) is 4.79 Å². The van der Waals surface area contributed by atoms with Gasteiger partial charge >= 0.3 is 0 Å². The minimum atomic E-state index is 0.212. The quantitative estimate of drug-likeness (QED) is 0.796. The molecule has 0 bridgehead atoms. The number of amides is 1. The molecule has 1 amide bonds. The summed E-state index contributed by atoms with van der Waals surface area (Å²) in [6.07, 6.45) is 3.82. The smallest absolute Gasteiger partial charge is 0.228 e. The molecule has 1 atom stereocenters. The molecule has 0 radical (unpaired) electrons. The van der Waals surface area contributed by atoms with Gasteiger partial charge in [-0.2, -0.15) is 11.8 Å². The standard InChI is InChI=1S/C13H16BrNOS/c1-17-7-6-10-2-4-12(5-3-10)15-9-11(14)8-13(15)16/h2-5,11H,6-9H2,1H3. The first-order valence-corrected chi connectivity index (χ1v) is 8.04.